The molecular formula is C9H11BrFNO. The van der Waals surface area contributed by atoms with Crippen LogP contribution in [0.25, 0.3) is 0 Å². The van der Waals surface area contributed by atoms with E-state index in [1.807, 2.05) is 0 Å². The molecule has 0 radical (unpaired) electrons. The number of rotatable bonds is 3. The number of nitrogens with two attached hydrogens (primary N) is 1. The Balaban J connectivity index is 2.91. The molecule has 0 saturated heterocycles. The Morgan fingerprint density at radius 1 is 1.54 bits per heavy atom. The van der Waals surface area contributed by atoms with Gasteiger partial charge in [-0.25, -0.2) is 4.39 Å². The maximum Gasteiger partial charge on any atom is 0.129 e. The minimum absolute atomic E-state index is 0.292. The third kappa shape index (κ3) is 2.76. The van der Waals surface area contributed by atoms with Crippen molar-refractivity contribution in [1.82, 2.24) is 0 Å². The number of aliphatic hydroxyl groups is 1. The normalized spacial score (nSPS) is 12.9. The van der Waals surface area contributed by atoms with Crippen LogP contribution in [0.1, 0.15) is 18.1 Å². The monoisotopic (exact) mass is 247 g/mol. The lowest BCUT2D eigenvalue weighted by Crippen LogP contribution is -2.08. The van der Waals surface area contributed by atoms with E-state index in [9.17, 15) is 9.50 Å². The highest BCUT2D eigenvalue weighted by Gasteiger charge is 2.11. The summed E-state index contributed by atoms with van der Waals surface area (Å²) in [5, 5.41) is 9.48. The molecule has 0 spiro atoms. The summed E-state index contributed by atoms with van der Waals surface area (Å²) in [5.41, 5.74) is 5.55. The van der Waals surface area contributed by atoms with Gasteiger partial charge in [0.15, 0.2) is 0 Å². The van der Waals surface area contributed by atoms with Crippen LogP contribution >= 0.6 is 15.9 Å². The standard InChI is InChI=1S/C9H11BrFNO/c10-6-1-2-8(11)7(5-6)9(13)3-4-12/h1-2,5,9,13H,3-4,12H2. The van der Waals surface area contributed by atoms with E-state index in [0.717, 1.165) is 4.47 Å². The van der Waals surface area contributed by atoms with Crippen LogP contribution in [0.2, 0.25) is 0 Å². The number of hydrogen-bond donors (Lipinski definition) is 2. The predicted octanol–water partition coefficient (Wildman–Crippen LogP) is 1.97. The maximum absolute atomic E-state index is 13.1. The largest absolute Gasteiger partial charge is 0.388 e. The molecule has 1 aromatic carbocycles. The van der Waals surface area contributed by atoms with E-state index < -0.39 is 11.9 Å². The average Bonchev–Trinajstić information content (AvgIpc) is 2.09. The zero-order valence-corrected chi connectivity index (χ0v) is 8.59. The van der Waals surface area contributed by atoms with E-state index >= 15 is 0 Å². The van der Waals surface area contributed by atoms with Crippen LogP contribution in [-0.2, 0) is 0 Å². The van der Waals surface area contributed by atoms with E-state index in [0.29, 0.717) is 18.5 Å². The van der Waals surface area contributed by atoms with Gasteiger partial charge >= 0.3 is 0 Å². The van der Waals surface area contributed by atoms with Crippen molar-refractivity contribution in [3.8, 4) is 0 Å². The first-order chi connectivity index (χ1) is 6.15. The van der Waals surface area contributed by atoms with Gasteiger partial charge in [-0.3, -0.25) is 0 Å². The first-order valence-corrected chi connectivity index (χ1v) is 4.77. The molecule has 0 aliphatic heterocycles. The molecule has 1 rings (SSSR count). The van der Waals surface area contributed by atoms with E-state index in [1.54, 1.807) is 12.1 Å². The van der Waals surface area contributed by atoms with E-state index in [4.69, 9.17) is 5.73 Å². The van der Waals surface area contributed by atoms with Crippen LogP contribution in [0.5, 0.6) is 0 Å². The Labute approximate surface area is 84.7 Å². The second kappa shape index (κ2) is 4.69. The smallest absolute Gasteiger partial charge is 0.129 e. The van der Waals surface area contributed by atoms with Gasteiger partial charge in [0.05, 0.1) is 6.10 Å². The van der Waals surface area contributed by atoms with E-state index in [-0.39, 0.29) is 0 Å². The number of aliphatic hydroxyl groups excluding tert-OH is 1. The van der Waals surface area contributed by atoms with Gasteiger partial charge in [0.2, 0.25) is 0 Å². The minimum Gasteiger partial charge on any atom is -0.388 e. The van der Waals surface area contributed by atoms with Gasteiger partial charge in [-0.05, 0) is 31.2 Å². The molecule has 72 valence electrons. The molecule has 0 aromatic heterocycles. The fraction of sp³-hybridized carbons (Fsp3) is 0.333. The van der Waals surface area contributed by atoms with Crippen molar-refractivity contribution < 1.29 is 9.50 Å². The van der Waals surface area contributed by atoms with Crippen LogP contribution in [0.4, 0.5) is 4.39 Å². The van der Waals surface area contributed by atoms with Crippen LogP contribution in [-0.4, -0.2) is 11.7 Å². The number of hydrogen-bond acceptors (Lipinski definition) is 2. The van der Waals surface area contributed by atoms with Gasteiger partial charge in [-0.15, -0.1) is 0 Å². The lowest BCUT2D eigenvalue weighted by atomic mass is 10.1. The Kier molecular flexibility index (Phi) is 3.84. The molecule has 4 heteroatoms. The van der Waals surface area contributed by atoms with Crippen molar-refractivity contribution in [3.63, 3.8) is 0 Å². The summed E-state index contributed by atoms with van der Waals surface area (Å²) in [5.74, 6) is -0.399. The van der Waals surface area contributed by atoms with E-state index in [2.05, 4.69) is 15.9 Å². The molecule has 2 nitrogen and oxygen atoms in total. The molecule has 0 amide bonds. The fourth-order valence-electron chi connectivity index (χ4n) is 1.08. The molecule has 0 aliphatic rings. The topological polar surface area (TPSA) is 46.2 Å². The van der Waals surface area contributed by atoms with E-state index in [1.165, 1.54) is 6.07 Å². The summed E-state index contributed by atoms with van der Waals surface area (Å²) in [7, 11) is 0. The number of halogens is 2. The summed E-state index contributed by atoms with van der Waals surface area (Å²) in [4.78, 5) is 0. The average molecular weight is 248 g/mol. The zero-order chi connectivity index (χ0) is 9.84. The highest BCUT2D eigenvalue weighted by molar-refractivity contribution is 9.10. The molecule has 0 saturated carbocycles. The second-order valence-corrected chi connectivity index (χ2v) is 3.67. The van der Waals surface area contributed by atoms with Gasteiger partial charge in [0.25, 0.3) is 0 Å². The maximum atomic E-state index is 13.1. The summed E-state index contributed by atoms with van der Waals surface area (Å²) in [6.45, 7) is 0.340. The Bertz CT molecular complexity index is 293. The van der Waals surface area contributed by atoms with Gasteiger partial charge in [0.1, 0.15) is 5.82 Å². The second-order valence-electron chi connectivity index (χ2n) is 2.76. The van der Waals surface area contributed by atoms with Gasteiger partial charge in [-0.2, -0.15) is 0 Å². The van der Waals surface area contributed by atoms with Crippen LogP contribution in [0.15, 0.2) is 22.7 Å². The highest BCUT2D eigenvalue weighted by Crippen LogP contribution is 2.23. The quantitative estimate of drug-likeness (QED) is 0.858. The van der Waals surface area contributed by atoms with Crippen LogP contribution in [0, 0.1) is 5.82 Å². The Morgan fingerprint density at radius 3 is 2.85 bits per heavy atom. The predicted molar refractivity (Wildman–Crippen MR) is 52.7 cm³/mol. The first kappa shape index (κ1) is 10.6. The zero-order valence-electron chi connectivity index (χ0n) is 7.00. The molecule has 1 atom stereocenters. The summed E-state index contributed by atoms with van der Waals surface area (Å²) < 4.78 is 13.9. The van der Waals surface area contributed by atoms with Gasteiger partial charge < -0.3 is 10.8 Å². The lowest BCUT2D eigenvalue weighted by Gasteiger charge is -2.10. The molecule has 0 heterocycles. The Hall–Kier alpha value is -0.450. The molecule has 1 unspecified atom stereocenters. The summed E-state index contributed by atoms with van der Waals surface area (Å²) >= 11 is 3.21. The van der Waals surface area contributed by atoms with Crippen molar-refractivity contribution in [1.29, 1.82) is 0 Å². The van der Waals surface area contributed by atoms with Crippen molar-refractivity contribution in [2.75, 3.05) is 6.54 Å². The molecular weight excluding hydrogens is 237 g/mol. The molecule has 0 bridgehead atoms. The molecule has 0 aliphatic carbocycles. The van der Waals surface area contributed by atoms with Crippen molar-refractivity contribution in [2.24, 2.45) is 5.73 Å². The number of benzene rings is 1. The molecule has 0 fully saturated rings. The molecule has 13 heavy (non-hydrogen) atoms. The Morgan fingerprint density at radius 2 is 2.23 bits per heavy atom. The summed E-state index contributed by atoms with van der Waals surface area (Å²) in [6.07, 6.45) is -0.449. The molecule has 3 N–H and O–H groups in total. The van der Waals surface area contributed by atoms with Crippen LogP contribution in [0.3, 0.4) is 0 Å². The highest BCUT2D eigenvalue weighted by atomic mass is 79.9. The molecule has 1 aromatic rings. The van der Waals surface area contributed by atoms with Crippen molar-refractivity contribution >= 4 is 15.9 Å². The van der Waals surface area contributed by atoms with Gasteiger partial charge in [0, 0.05) is 10.0 Å². The lowest BCUT2D eigenvalue weighted by molar-refractivity contribution is 0.165. The third-order valence-corrected chi connectivity index (χ3v) is 2.25. The van der Waals surface area contributed by atoms with Crippen molar-refractivity contribution in [2.45, 2.75) is 12.5 Å². The first-order valence-electron chi connectivity index (χ1n) is 3.98. The van der Waals surface area contributed by atoms with Gasteiger partial charge in [-0.1, -0.05) is 15.9 Å². The van der Waals surface area contributed by atoms with Crippen molar-refractivity contribution in [3.05, 3.63) is 34.1 Å². The fourth-order valence-corrected chi connectivity index (χ4v) is 1.46. The SMILES string of the molecule is NCCC(O)c1cc(Br)ccc1F. The van der Waals surface area contributed by atoms with Crippen LogP contribution < -0.4 is 5.73 Å². The third-order valence-electron chi connectivity index (χ3n) is 1.76. The minimum atomic E-state index is -0.817. The summed E-state index contributed by atoms with van der Waals surface area (Å²) in [6, 6.07) is 4.48.